The van der Waals surface area contributed by atoms with Crippen LogP contribution in [-0.2, 0) is 0 Å². The normalized spacial score (nSPS) is 11.9. The maximum atomic E-state index is 13.8. The van der Waals surface area contributed by atoms with Crippen molar-refractivity contribution in [1.29, 1.82) is 0 Å². The van der Waals surface area contributed by atoms with Crippen molar-refractivity contribution >= 4 is 22.5 Å². The number of aromatic amines is 1. The lowest BCUT2D eigenvalue weighted by Gasteiger charge is -2.09. The van der Waals surface area contributed by atoms with E-state index in [1.165, 1.54) is 18.2 Å². The van der Waals surface area contributed by atoms with Crippen LogP contribution in [0, 0.1) is 5.82 Å². The highest BCUT2D eigenvalue weighted by Crippen LogP contribution is 2.31. The third kappa shape index (κ3) is 3.01. The molecule has 2 aromatic carbocycles. The molecule has 0 atom stereocenters. The van der Waals surface area contributed by atoms with Crippen LogP contribution in [0.25, 0.3) is 22.2 Å². The molecule has 0 saturated carbocycles. The predicted molar refractivity (Wildman–Crippen MR) is 75.4 cm³/mol. The van der Waals surface area contributed by atoms with E-state index in [0.29, 0.717) is 16.6 Å². The van der Waals surface area contributed by atoms with E-state index in [-0.39, 0.29) is 16.3 Å². The molecule has 0 bridgehead atoms. The van der Waals surface area contributed by atoms with Crippen LogP contribution in [0.15, 0.2) is 42.5 Å². The van der Waals surface area contributed by atoms with Gasteiger partial charge in [0, 0.05) is 21.7 Å². The fourth-order valence-electron chi connectivity index (χ4n) is 2.18. The summed E-state index contributed by atoms with van der Waals surface area (Å²) in [5.74, 6) is -0.876. The number of benzene rings is 2. The van der Waals surface area contributed by atoms with Gasteiger partial charge in [0.15, 0.2) is 0 Å². The van der Waals surface area contributed by atoms with Crippen molar-refractivity contribution in [3.63, 3.8) is 0 Å². The van der Waals surface area contributed by atoms with Crippen LogP contribution in [0.1, 0.15) is 0 Å². The molecular formula is C15H8ClF4NO. The third-order valence-electron chi connectivity index (χ3n) is 3.02. The van der Waals surface area contributed by atoms with Gasteiger partial charge >= 0.3 is 6.36 Å². The molecule has 22 heavy (non-hydrogen) atoms. The zero-order valence-corrected chi connectivity index (χ0v) is 11.6. The largest absolute Gasteiger partial charge is 0.573 e. The molecule has 0 aliphatic carbocycles. The third-order valence-corrected chi connectivity index (χ3v) is 3.24. The van der Waals surface area contributed by atoms with Crippen molar-refractivity contribution in [2.75, 3.05) is 0 Å². The Kier molecular flexibility index (Phi) is 3.48. The minimum Gasteiger partial charge on any atom is -0.406 e. The quantitative estimate of drug-likeness (QED) is 0.615. The summed E-state index contributed by atoms with van der Waals surface area (Å²) in [6.45, 7) is 0. The standard InChI is InChI=1S/C15H8ClF4NO/c16-10-4-9-6-13(21-14(9)12(17)7-10)8-2-1-3-11(5-8)22-15(18,19)20/h1-7,21H. The molecule has 0 saturated heterocycles. The summed E-state index contributed by atoms with van der Waals surface area (Å²) in [7, 11) is 0. The predicted octanol–water partition coefficient (Wildman–Crippen LogP) is 5.53. The van der Waals surface area contributed by atoms with E-state index < -0.39 is 12.2 Å². The topological polar surface area (TPSA) is 25.0 Å². The molecule has 114 valence electrons. The molecule has 0 aliphatic rings. The lowest BCUT2D eigenvalue weighted by atomic mass is 10.1. The summed E-state index contributed by atoms with van der Waals surface area (Å²) >= 11 is 5.78. The van der Waals surface area contributed by atoms with Gasteiger partial charge in [-0.05, 0) is 30.3 Å². The Morgan fingerprint density at radius 2 is 1.82 bits per heavy atom. The lowest BCUT2D eigenvalue weighted by Crippen LogP contribution is -2.17. The van der Waals surface area contributed by atoms with Crippen LogP contribution in [-0.4, -0.2) is 11.3 Å². The molecule has 0 radical (unpaired) electrons. The van der Waals surface area contributed by atoms with Gasteiger partial charge in [-0.25, -0.2) is 4.39 Å². The van der Waals surface area contributed by atoms with Crippen LogP contribution in [0.3, 0.4) is 0 Å². The number of alkyl halides is 3. The first-order chi connectivity index (χ1) is 10.3. The van der Waals surface area contributed by atoms with Gasteiger partial charge in [0.2, 0.25) is 0 Å². The van der Waals surface area contributed by atoms with Crippen LogP contribution in [0.5, 0.6) is 5.75 Å². The molecule has 3 aromatic rings. The number of halogens is 5. The molecule has 1 N–H and O–H groups in total. The van der Waals surface area contributed by atoms with E-state index in [2.05, 4.69) is 9.72 Å². The molecule has 0 spiro atoms. The second-order valence-corrected chi connectivity index (χ2v) is 5.05. The Balaban J connectivity index is 2.04. The van der Waals surface area contributed by atoms with Crippen LogP contribution in [0.4, 0.5) is 17.6 Å². The Hall–Kier alpha value is -2.21. The second-order valence-electron chi connectivity index (χ2n) is 4.61. The zero-order chi connectivity index (χ0) is 15.9. The number of fused-ring (bicyclic) bond motifs is 1. The second kappa shape index (κ2) is 5.21. The van der Waals surface area contributed by atoms with Gasteiger partial charge in [-0.2, -0.15) is 0 Å². The summed E-state index contributed by atoms with van der Waals surface area (Å²) in [5.41, 5.74) is 1.14. The average Bonchev–Trinajstić information content (AvgIpc) is 2.81. The van der Waals surface area contributed by atoms with Crippen LogP contribution in [0.2, 0.25) is 5.02 Å². The minimum absolute atomic E-state index is 0.238. The van der Waals surface area contributed by atoms with Crippen LogP contribution < -0.4 is 4.74 Å². The summed E-state index contributed by atoms with van der Waals surface area (Å²) < 4.78 is 54.4. The Morgan fingerprint density at radius 3 is 2.55 bits per heavy atom. The fraction of sp³-hybridized carbons (Fsp3) is 0.0667. The van der Waals surface area contributed by atoms with Gasteiger partial charge < -0.3 is 9.72 Å². The number of aromatic nitrogens is 1. The first-order valence-electron chi connectivity index (χ1n) is 6.16. The fourth-order valence-corrected chi connectivity index (χ4v) is 2.40. The van der Waals surface area contributed by atoms with Crippen molar-refractivity contribution in [2.24, 2.45) is 0 Å². The number of rotatable bonds is 2. The maximum absolute atomic E-state index is 13.8. The Labute approximate surface area is 127 Å². The molecule has 0 amide bonds. The van der Waals surface area contributed by atoms with Crippen molar-refractivity contribution in [3.8, 4) is 17.0 Å². The molecule has 3 rings (SSSR count). The smallest absolute Gasteiger partial charge is 0.406 e. The van der Waals surface area contributed by atoms with Crippen molar-refractivity contribution in [1.82, 2.24) is 4.98 Å². The molecule has 0 unspecified atom stereocenters. The van der Waals surface area contributed by atoms with Gasteiger partial charge in [0.1, 0.15) is 11.6 Å². The van der Waals surface area contributed by atoms with Crippen molar-refractivity contribution in [3.05, 3.63) is 53.3 Å². The number of hydrogen-bond donors (Lipinski definition) is 1. The monoisotopic (exact) mass is 329 g/mol. The Bertz CT molecular complexity index is 841. The minimum atomic E-state index is -4.77. The van der Waals surface area contributed by atoms with Gasteiger partial charge in [0.25, 0.3) is 0 Å². The molecule has 2 nitrogen and oxygen atoms in total. The SMILES string of the molecule is Fc1cc(Cl)cc2cc(-c3cccc(OC(F)(F)F)c3)[nH]c12. The van der Waals surface area contributed by atoms with Gasteiger partial charge in [-0.3, -0.25) is 0 Å². The van der Waals surface area contributed by atoms with Gasteiger partial charge in [-0.15, -0.1) is 13.2 Å². The molecule has 7 heteroatoms. The van der Waals surface area contributed by atoms with Crippen LogP contribution >= 0.6 is 11.6 Å². The zero-order valence-electron chi connectivity index (χ0n) is 10.8. The van der Waals surface area contributed by atoms with Crippen molar-refractivity contribution in [2.45, 2.75) is 6.36 Å². The highest BCUT2D eigenvalue weighted by Gasteiger charge is 2.31. The summed E-state index contributed by atoms with van der Waals surface area (Å²) in [6.07, 6.45) is -4.77. The number of nitrogens with one attached hydrogen (secondary N) is 1. The van der Waals surface area contributed by atoms with E-state index in [1.807, 2.05) is 0 Å². The molecule has 1 heterocycles. The number of ether oxygens (including phenoxy) is 1. The first-order valence-corrected chi connectivity index (χ1v) is 6.53. The van der Waals surface area contributed by atoms with Gasteiger partial charge in [0.05, 0.1) is 5.52 Å². The molecular weight excluding hydrogens is 322 g/mol. The average molecular weight is 330 g/mol. The summed E-state index contributed by atoms with van der Waals surface area (Å²) in [5, 5.41) is 0.770. The first kappa shape index (κ1) is 14.7. The highest BCUT2D eigenvalue weighted by molar-refractivity contribution is 6.31. The molecule has 1 aromatic heterocycles. The molecule has 0 aliphatic heterocycles. The number of H-pyrrole nitrogens is 1. The maximum Gasteiger partial charge on any atom is 0.573 e. The number of hydrogen-bond acceptors (Lipinski definition) is 1. The van der Waals surface area contributed by atoms with E-state index in [4.69, 9.17) is 11.6 Å². The summed E-state index contributed by atoms with van der Waals surface area (Å²) in [6, 6.07) is 9.76. The Morgan fingerprint density at radius 1 is 1.05 bits per heavy atom. The van der Waals surface area contributed by atoms with E-state index in [0.717, 1.165) is 6.07 Å². The molecule has 0 fully saturated rings. The van der Waals surface area contributed by atoms with E-state index in [9.17, 15) is 17.6 Å². The highest BCUT2D eigenvalue weighted by atomic mass is 35.5. The lowest BCUT2D eigenvalue weighted by molar-refractivity contribution is -0.274. The van der Waals surface area contributed by atoms with E-state index in [1.54, 1.807) is 18.2 Å². The van der Waals surface area contributed by atoms with E-state index >= 15 is 0 Å². The summed E-state index contributed by atoms with van der Waals surface area (Å²) in [4.78, 5) is 2.83. The van der Waals surface area contributed by atoms with Gasteiger partial charge in [-0.1, -0.05) is 23.7 Å². The van der Waals surface area contributed by atoms with Crippen molar-refractivity contribution < 1.29 is 22.3 Å².